The second-order valence-electron chi connectivity index (χ2n) is 5.13. The van der Waals surface area contributed by atoms with Gasteiger partial charge in [0.15, 0.2) is 0 Å². The monoisotopic (exact) mass is 259 g/mol. The molecule has 0 bridgehead atoms. The van der Waals surface area contributed by atoms with Crippen LogP contribution in [0.4, 0.5) is 0 Å². The van der Waals surface area contributed by atoms with Crippen LogP contribution in [0.15, 0.2) is 65.5 Å². The van der Waals surface area contributed by atoms with Crippen LogP contribution in [0.2, 0.25) is 0 Å². The highest BCUT2D eigenvalue weighted by Gasteiger charge is 2.08. The topological polar surface area (TPSA) is 22.0 Å². The van der Waals surface area contributed by atoms with Gasteiger partial charge in [-0.3, -0.25) is 4.79 Å². The maximum Gasteiger partial charge on any atom is 0.258 e. The zero-order chi connectivity index (χ0) is 13.7. The molecule has 0 aliphatic carbocycles. The number of pyridine rings is 1. The number of aryl methyl sites for hydroxylation is 1. The van der Waals surface area contributed by atoms with Gasteiger partial charge in [0.25, 0.3) is 5.56 Å². The lowest BCUT2D eigenvalue weighted by molar-refractivity contribution is 0.918. The molecule has 0 aliphatic rings. The predicted octanol–water partition coefficient (Wildman–Crippen LogP) is 3.84. The summed E-state index contributed by atoms with van der Waals surface area (Å²) in [6.07, 6.45) is 0. The Kier molecular flexibility index (Phi) is 2.21. The van der Waals surface area contributed by atoms with Crippen LogP contribution in [0, 0.1) is 0 Å². The fourth-order valence-electron chi connectivity index (χ4n) is 2.92. The normalized spacial score (nSPS) is 11.4. The molecule has 0 saturated carbocycles. The standard InChI is InChI=1S/C18H13NO/c1-19-17-9-5-4-8-14(17)15-10-12-6-2-3-7-13(12)11-16(15)18(19)20/h2-11H,1H3. The Balaban J connectivity index is 2.37. The van der Waals surface area contributed by atoms with Crippen molar-refractivity contribution in [2.24, 2.45) is 7.05 Å². The molecule has 0 radical (unpaired) electrons. The van der Waals surface area contributed by atoms with Crippen LogP contribution in [0.5, 0.6) is 0 Å². The van der Waals surface area contributed by atoms with Crippen molar-refractivity contribution in [3.8, 4) is 0 Å². The average Bonchev–Trinajstić information content (AvgIpc) is 2.51. The van der Waals surface area contributed by atoms with Gasteiger partial charge in [0, 0.05) is 17.8 Å². The van der Waals surface area contributed by atoms with Gasteiger partial charge in [-0.25, -0.2) is 0 Å². The minimum absolute atomic E-state index is 0.0597. The third-order valence-electron chi connectivity index (χ3n) is 3.98. The molecule has 1 heterocycles. The van der Waals surface area contributed by atoms with Gasteiger partial charge >= 0.3 is 0 Å². The first-order valence-electron chi connectivity index (χ1n) is 6.66. The molecule has 20 heavy (non-hydrogen) atoms. The molecule has 0 aliphatic heterocycles. The van der Waals surface area contributed by atoms with Crippen LogP contribution in [-0.2, 0) is 7.05 Å². The molecule has 0 spiro atoms. The number of fused-ring (bicyclic) bond motifs is 4. The molecule has 4 aromatic rings. The van der Waals surface area contributed by atoms with E-state index in [0.717, 1.165) is 27.1 Å². The number of para-hydroxylation sites is 1. The van der Waals surface area contributed by atoms with E-state index in [2.05, 4.69) is 18.2 Å². The molecule has 0 saturated heterocycles. The third kappa shape index (κ3) is 1.42. The smallest absolute Gasteiger partial charge is 0.258 e. The number of rotatable bonds is 0. The summed E-state index contributed by atoms with van der Waals surface area (Å²) >= 11 is 0. The molecular weight excluding hydrogens is 246 g/mol. The van der Waals surface area contributed by atoms with E-state index in [1.807, 2.05) is 49.5 Å². The molecule has 2 heteroatoms. The van der Waals surface area contributed by atoms with E-state index in [-0.39, 0.29) is 5.56 Å². The highest BCUT2D eigenvalue weighted by Crippen LogP contribution is 2.26. The highest BCUT2D eigenvalue weighted by atomic mass is 16.1. The van der Waals surface area contributed by atoms with Gasteiger partial charge in [-0.1, -0.05) is 42.5 Å². The van der Waals surface area contributed by atoms with Crippen molar-refractivity contribution < 1.29 is 0 Å². The summed E-state index contributed by atoms with van der Waals surface area (Å²) in [4.78, 5) is 12.5. The lowest BCUT2D eigenvalue weighted by Gasteiger charge is -2.10. The van der Waals surface area contributed by atoms with E-state index < -0.39 is 0 Å². The van der Waals surface area contributed by atoms with Gasteiger partial charge in [0.05, 0.1) is 5.52 Å². The predicted molar refractivity (Wildman–Crippen MR) is 84.2 cm³/mol. The molecule has 0 N–H and O–H groups in total. The Hall–Kier alpha value is -2.61. The molecule has 4 rings (SSSR count). The van der Waals surface area contributed by atoms with Gasteiger partial charge in [0.2, 0.25) is 0 Å². The lowest BCUT2D eigenvalue weighted by Crippen LogP contribution is -2.17. The fourth-order valence-corrected chi connectivity index (χ4v) is 2.92. The van der Waals surface area contributed by atoms with E-state index >= 15 is 0 Å². The summed E-state index contributed by atoms with van der Waals surface area (Å²) < 4.78 is 1.73. The summed E-state index contributed by atoms with van der Waals surface area (Å²) in [5.41, 5.74) is 1.03. The maximum atomic E-state index is 12.5. The third-order valence-corrected chi connectivity index (χ3v) is 3.98. The summed E-state index contributed by atoms with van der Waals surface area (Å²) in [5, 5.41) is 5.20. The van der Waals surface area contributed by atoms with Crippen molar-refractivity contribution in [1.82, 2.24) is 4.57 Å². The first kappa shape index (κ1) is 11.2. The van der Waals surface area contributed by atoms with Crippen molar-refractivity contribution in [1.29, 1.82) is 0 Å². The van der Waals surface area contributed by atoms with Crippen LogP contribution >= 0.6 is 0 Å². The van der Waals surface area contributed by atoms with Crippen LogP contribution in [0.1, 0.15) is 0 Å². The largest absolute Gasteiger partial charge is 0.311 e. The van der Waals surface area contributed by atoms with Gasteiger partial charge < -0.3 is 4.57 Å². The molecule has 0 fully saturated rings. The molecule has 1 aromatic heterocycles. The highest BCUT2D eigenvalue weighted by molar-refractivity contribution is 6.10. The molecule has 2 nitrogen and oxygen atoms in total. The first-order valence-corrected chi connectivity index (χ1v) is 6.66. The van der Waals surface area contributed by atoms with Crippen molar-refractivity contribution in [2.75, 3.05) is 0 Å². The van der Waals surface area contributed by atoms with Crippen molar-refractivity contribution >= 4 is 32.4 Å². The molecule has 0 atom stereocenters. The first-order chi connectivity index (χ1) is 9.75. The maximum absolute atomic E-state index is 12.5. The van der Waals surface area contributed by atoms with Crippen molar-refractivity contribution in [3.63, 3.8) is 0 Å². The van der Waals surface area contributed by atoms with Crippen LogP contribution < -0.4 is 5.56 Å². The number of hydrogen-bond donors (Lipinski definition) is 0. The number of aromatic nitrogens is 1. The van der Waals surface area contributed by atoms with Crippen LogP contribution in [0.3, 0.4) is 0 Å². The Morgan fingerprint density at radius 1 is 0.750 bits per heavy atom. The van der Waals surface area contributed by atoms with E-state index in [9.17, 15) is 4.79 Å². The van der Waals surface area contributed by atoms with Gasteiger partial charge in [0.1, 0.15) is 0 Å². The molecule has 0 unspecified atom stereocenters. The Morgan fingerprint density at radius 3 is 2.10 bits per heavy atom. The minimum Gasteiger partial charge on any atom is -0.311 e. The van der Waals surface area contributed by atoms with Crippen molar-refractivity contribution in [2.45, 2.75) is 0 Å². The summed E-state index contributed by atoms with van der Waals surface area (Å²) in [7, 11) is 1.83. The number of hydrogen-bond acceptors (Lipinski definition) is 1. The van der Waals surface area contributed by atoms with E-state index in [1.54, 1.807) is 4.57 Å². The fraction of sp³-hybridized carbons (Fsp3) is 0.0556. The van der Waals surface area contributed by atoms with Gasteiger partial charge in [-0.05, 0) is 34.4 Å². The SMILES string of the molecule is Cn1c(=O)c2cc3ccccc3cc2c2ccccc21. The summed E-state index contributed by atoms with van der Waals surface area (Å²) in [6.45, 7) is 0. The van der Waals surface area contributed by atoms with E-state index in [0.29, 0.717) is 0 Å². The van der Waals surface area contributed by atoms with Gasteiger partial charge in [-0.2, -0.15) is 0 Å². The summed E-state index contributed by atoms with van der Waals surface area (Å²) in [5.74, 6) is 0. The molecule has 0 amide bonds. The Labute approximate surface area is 115 Å². The number of nitrogens with zero attached hydrogens (tertiary/aromatic N) is 1. The quantitative estimate of drug-likeness (QED) is 0.347. The Bertz CT molecular complexity index is 1030. The average molecular weight is 259 g/mol. The summed E-state index contributed by atoms with van der Waals surface area (Å²) in [6, 6.07) is 20.3. The van der Waals surface area contributed by atoms with E-state index in [4.69, 9.17) is 0 Å². The van der Waals surface area contributed by atoms with Crippen LogP contribution in [-0.4, -0.2) is 4.57 Å². The second kappa shape index (κ2) is 3.94. The van der Waals surface area contributed by atoms with Gasteiger partial charge in [-0.15, -0.1) is 0 Å². The minimum atomic E-state index is 0.0597. The molecule has 3 aromatic carbocycles. The molecular formula is C18H13NO. The zero-order valence-corrected chi connectivity index (χ0v) is 11.1. The second-order valence-corrected chi connectivity index (χ2v) is 5.13. The number of benzene rings is 3. The molecule has 96 valence electrons. The zero-order valence-electron chi connectivity index (χ0n) is 11.1. The Morgan fingerprint density at radius 2 is 1.35 bits per heavy atom. The van der Waals surface area contributed by atoms with Crippen LogP contribution in [0.25, 0.3) is 32.4 Å². The lowest BCUT2D eigenvalue weighted by atomic mass is 10.0. The van der Waals surface area contributed by atoms with Crippen molar-refractivity contribution in [3.05, 3.63) is 71.0 Å². The van der Waals surface area contributed by atoms with E-state index in [1.165, 1.54) is 5.39 Å².